The third-order valence-electron chi connectivity index (χ3n) is 12.2. The molecule has 0 bridgehead atoms. The highest BCUT2D eigenvalue weighted by molar-refractivity contribution is 6.85. The maximum atomic E-state index is 6.31. The van der Waals surface area contributed by atoms with Crippen molar-refractivity contribution >= 4 is 86.2 Å². The summed E-state index contributed by atoms with van der Waals surface area (Å²) in [5, 5.41) is 12.6. The molecule has 0 aliphatic carbocycles. The summed E-state index contributed by atoms with van der Waals surface area (Å²) in [5.74, 6) is 0.293. The van der Waals surface area contributed by atoms with E-state index < -0.39 is 70.6 Å². The van der Waals surface area contributed by atoms with E-state index in [0.29, 0.717) is 5.79 Å². The van der Waals surface area contributed by atoms with E-state index in [0.717, 1.165) is 50.5 Å². The molecule has 0 spiro atoms. The molecule has 0 aromatic heterocycles. The Morgan fingerprint density at radius 3 is 1.18 bits per heavy atom. The van der Waals surface area contributed by atoms with Gasteiger partial charge in [-0.1, -0.05) is 74.7 Å². The summed E-state index contributed by atoms with van der Waals surface area (Å²) >= 11 is 0. The van der Waals surface area contributed by atoms with Crippen LogP contribution in [0.4, 0.5) is 0 Å². The predicted molar refractivity (Wildman–Crippen MR) is 259 cm³/mol. The molecule has 2 N–H and O–H groups in total. The van der Waals surface area contributed by atoms with Gasteiger partial charge in [0.25, 0.3) is 0 Å². The van der Waals surface area contributed by atoms with Crippen molar-refractivity contribution in [2.75, 3.05) is 84.2 Å². The molecule has 57 heavy (non-hydrogen) atoms. The third-order valence-corrected chi connectivity index (χ3v) is 31.9. The van der Waals surface area contributed by atoms with Crippen molar-refractivity contribution in [1.82, 2.24) is 10.6 Å². The zero-order chi connectivity index (χ0) is 43.8. The molecule has 0 saturated carbocycles. The van der Waals surface area contributed by atoms with Gasteiger partial charge in [-0.2, -0.15) is 0 Å². The van der Waals surface area contributed by atoms with Gasteiger partial charge in [-0.15, -0.1) is 0 Å². The molecule has 0 aliphatic heterocycles. The lowest BCUT2D eigenvalue weighted by Gasteiger charge is -2.40. The summed E-state index contributed by atoms with van der Waals surface area (Å²) in [6, 6.07) is 3.06. The second kappa shape index (κ2) is 26.2. The van der Waals surface area contributed by atoms with E-state index in [-0.39, 0.29) is 11.1 Å². The molecule has 0 aliphatic rings. The number of hydrogen-bond acceptors (Lipinski definition) is 12. The van der Waals surface area contributed by atoms with E-state index in [9.17, 15) is 0 Å². The quantitative estimate of drug-likeness (QED) is 0.0649. The van der Waals surface area contributed by atoms with Gasteiger partial charge in [-0.25, -0.2) is 0 Å². The molecule has 1 rings (SSSR count). The first-order valence-corrected chi connectivity index (χ1v) is 40.1. The Morgan fingerprint density at radius 1 is 0.509 bits per heavy atom. The van der Waals surface area contributed by atoms with E-state index >= 15 is 0 Å². The van der Waals surface area contributed by atoms with Crippen LogP contribution in [0.3, 0.4) is 0 Å². The first-order chi connectivity index (χ1) is 26.8. The van der Waals surface area contributed by atoms with E-state index in [1.807, 2.05) is 0 Å². The highest BCUT2D eigenvalue weighted by Crippen LogP contribution is 2.35. The molecule has 0 radical (unpaired) electrons. The summed E-state index contributed by atoms with van der Waals surface area (Å²) in [6.45, 7) is 25.6. The van der Waals surface area contributed by atoms with Crippen molar-refractivity contribution in [3.8, 4) is 0 Å². The first kappa shape index (κ1) is 55.5. The molecule has 0 saturated heterocycles. The van der Waals surface area contributed by atoms with Crippen molar-refractivity contribution in [3.05, 3.63) is 16.7 Å². The van der Waals surface area contributed by atoms with E-state index in [4.69, 9.17) is 44.3 Å². The average molecular weight is 944 g/mol. The fraction of sp³-hybridized carbons (Fsp3) is 0.838. The molecule has 0 heterocycles. The normalized spacial score (nSPS) is 14.7. The Labute approximate surface area is 360 Å². The molecule has 12 nitrogen and oxygen atoms in total. The van der Waals surface area contributed by atoms with Crippen LogP contribution in [-0.2, 0) is 50.7 Å². The standard InChI is InChI=1S/C37H86N2O10Si8/c1-29(56(44-7,45-8)46-9)32-31(34(51(13)14)36(53(17)18)33(35(32)52(15)16)30(2)57(47-10,48-11)49-12)23-26-50-37(38-24-21-27-54(19,40-3)41-4)39-25-22-28-55(20,42-5)43-6/h29-30,37-39,51-53H,21-28,50H2,1-20H3. The maximum Gasteiger partial charge on any atom is 0.507 e. The molecule has 0 amide bonds. The van der Waals surface area contributed by atoms with Gasteiger partial charge in [0, 0.05) is 76.9 Å². The molecule has 1 aromatic carbocycles. The van der Waals surface area contributed by atoms with Crippen molar-refractivity contribution in [1.29, 1.82) is 0 Å². The van der Waals surface area contributed by atoms with Crippen LogP contribution in [0, 0.1) is 0 Å². The zero-order valence-corrected chi connectivity index (χ0v) is 48.8. The van der Waals surface area contributed by atoms with Crippen molar-refractivity contribution in [3.63, 3.8) is 0 Å². The summed E-state index contributed by atoms with van der Waals surface area (Å²) in [5.41, 5.74) is 4.31. The SMILES string of the molecule is CO[Si](C)(CCCNC(NCCC[Si](C)(OC)OC)[SiH2]CCc1c(C(C)[Si](OC)(OC)OC)c([SiH](C)C)c(C(C)[Si](OC)(OC)OC)c([SiH](C)C)c1[SiH](C)C)OC. The summed E-state index contributed by atoms with van der Waals surface area (Å²) in [4.78, 5) is 0. The Balaban J connectivity index is 4.01. The molecule has 0 fully saturated rings. The van der Waals surface area contributed by atoms with Crippen LogP contribution in [0.15, 0.2) is 0 Å². The lowest BCUT2D eigenvalue weighted by molar-refractivity contribution is 0.114. The van der Waals surface area contributed by atoms with Crippen LogP contribution in [0.5, 0.6) is 0 Å². The Hall–Kier alpha value is 0.475. The van der Waals surface area contributed by atoms with E-state index in [2.05, 4.69) is 76.9 Å². The van der Waals surface area contributed by atoms with Gasteiger partial charge in [0.05, 0.1) is 47.0 Å². The van der Waals surface area contributed by atoms with Gasteiger partial charge < -0.3 is 54.9 Å². The van der Waals surface area contributed by atoms with Crippen LogP contribution in [-0.4, -0.2) is 161 Å². The number of benzene rings is 1. The average Bonchev–Trinajstić information content (AvgIpc) is 3.20. The molecule has 20 heteroatoms. The number of rotatable bonds is 31. The fourth-order valence-electron chi connectivity index (χ4n) is 8.66. The molecule has 2 unspecified atom stereocenters. The van der Waals surface area contributed by atoms with Gasteiger partial charge in [0.2, 0.25) is 0 Å². The summed E-state index contributed by atoms with van der Waals surface area (Å²) < 4.78 is 60.9. The van der Waals surface area contributed by atoms with Gasteiger partial charge in [-0.3, -0.25) is 0 Å². The smallest absolute Gasteiger partial charge is 0.398 e. The van der Waals surface area contributed by atoms with Crippen LogP contribution >= 0.6 is 0 Å². The van der Waals surface area contributed by atoms with Crippen molar-refractivity contribution < 1.29 is 44.3 Å². The summed E-state index contributed by atoms with van der Waals surface area (Å²) in [7, 11) is 2.19. The van der Waals surface area contributed by atoms with E-state index in [1.54, 1.807) is 87.0 Å². The van der Waals surface area contributed by atoms with Gasteiger partial charge >= 0.3 is 34.7 Å². The van der Waals surface area contributed by atoms with E-state index in [1.165, 1.54) is 16.3 Å². The summed E-state index contributed by atoms with van der Waals surface area (Å²) in [6.07, 6.45) is 3.05. The Bertz CT molecular complexity index is 1260. The molecule has 336 valence electrons. The molecular formula is C37H86N2O10Si8. The van der Waals surface area contributed by atoms with Crippen molar-refractivity contribution in [2.24, 2.45) is 0 Å². The minimum atomic E-state index is -3.13. The molecular weight excluding hydrogens is 857 g/mol. The predicted octanol–water partition coefficient (Wildman–Crippen LogP) is 2.91. The van der Waals surface area contributed by atoms with Gasteiger partial charge in [0.15, 0.2) is 0 Å². The Morgan fingerprint density at radius 2 is 0.860 bits per heavy atom. The highest BCUT2D eigenvalue weighted by Gasteiger charge is 2.52. The molecule has 2 atom stereocenters. The van der Waals surface area contributed by atoms with Crippen LogP contribution in [0.2, 0.25) is 70.5 Å². The highest BCUT2D eigenvalue weighted by atomic mass is 28.4. The number of nitrogens with one attached hydrogen (secondary N) is 2. The lowest BCUT2D eigenvalue weighted by Crippen LogP contribution is -2.60. The Kier molecular flexibility index (Phi) is 25.5. The second-order valence-electron chi connectivity index (χ2n) is 16.5. The second-order valence-corrected chi connectivity index (χ2v) is 41.1. The minimum absolute atomic E-state index is 0.0306. The largest absolute Gasteiger partial charge is 0.507 e. The third kappa shape index (κ3) is 14.2. The molecule has 1 aromatic rings. The first-order valence-electron chi connectivity index (χ1n) is 21.0. The lowest BCUT2D eigenvalue weighted by atomic mass is 9.97. The van der Waals surface area contributed by atoms with Crippen molar-refractivity contribution in [2.45, 2.75) is 120 Å². The fourth-order valence-corrected chi connectivity index (χ4v) is 26.0. The van der Waals surface area contributed by atoms with Crippen LogP contribution in [0.25, 0.3) is 0 Å². The maximum absolute atomic E-state index is 6.31. The monoisotopic (exact) mass is 942 g/mol. The zero-order valence-electron chi connectivity index (χ0n) is 39.9. The van der Waals surface area contributed by atoms with Crippen LogP contribution < -0.4 is 26.2 Å². The van der Waals surface area contributed by atoms with Crippen LogP contribution in [0.1, 0.15) is 54.5 Å². The number of hydrogen-bond donors (Lipinski definition) is 2. The minimum Gasteiger partial charge on any atom is -0.398 e. The van der Waals surface area contributed by atoms with Gasteiger partial charge in [0.1, 0.15) is 0 Å². The van der Waals surface area contributed by atoms with Gasteiger partial charge in [-0.05, 0) is 74.2 Å². The topological polar surface area (TPSA) is 116 Å².